The second-order valence-corrected chi connectivity index (χ2v) is 6.77. The van der Waals surface area contributed by atoms with Crippen LogP contribution in [0.3, 0.4) is 0 Å². The van der Waals surface area contributed by atoms with E-state index in [-0.39, 0.29) is 12.3 Å². The van der Waals surface area contributed by atoms with Crippen LogP contribution < -0.4 is 10.6 Å². The maximum atomic E-state index is 13.6. The number of halogens is 1. The Balaban J connectivity index is 1.81. The van der Waals surface area contributed by atoms with Crippen LogP contribution in [-0.4, -0.2) is 45.6 Å². The van der Waals surface area contributed by atoms with E-state index in [1.807, 2.05) is 0 Å². The van der Waals surface area contributed by atoms with E-state index >= 15 is 0 Å². The number of fused-ring (bicyclic) bond motifs is 1. The van der Waals surface area contributed by atoms with Gasteiger partial charge >= 0.3 is 5.97 Å². The van der Waals surface area contributed by atoms with E-state index in [0.717, 1.165) is 0 Å². The average molecular weight is 389 g/mol. The van der Waals surface area contributed by atoms with Gasteiger partial charge in [-0.3, -0.25) is 9.59 Å². The number of benzene rings is 1. The molecule has 1 aliphatic heterocycles. The van der Waals surface area contributed by atoms with E-state index in [1.165, 1.54) is 18.2 Å². The van der Waals surface area contributed by atoms with Crippen molar-refractivity contribution in [1.29, 1.82) is 0 Å². The topological polar surface area (TPSA) is 132 Å². The minimum absolute atomic E-state index is 0.247. The summed E-state index contributed by atoms with van der Waals surface area (Å²) in [5.74, 6) is -3.23. The maximum absolute atomic E-state index is 13.6. The number of aliphatic hydroxyl groups is 1. The Morgan fingerprint density at radius 1 is 1.32 bits per heavy atom. The Hall–Kier alpha value is -3.20. The normalized spacial score (nSPS) is 16.4. The average Bonchev–Trinajstić information content (AvgIpc) is 3.08. The van der Waals surface area contributed by atoms with Gasteiger partial charge in [-0.05, 0) is 43.2 Å². The highest BCUT2D eigenvalue weighted by Gasteiger charge is 2.32. The summed E-state index contributed by atoms with van der Waals surface area (Å²) in [7, 11) is 0. The van der Waals surface area contributed by atoms with Gasteiger partial charge in [0.05, 0.1) is 18.0 Å². The largest absolute Gasteiger partial charge is 0.479 e. The van der Waals surface area contributed by atoms with Crippen molar-refractivity contribution >= 4 is 23.5 Å². The zero-order valence-corrected chi connectivity index (χ0v) is 15.3. The molecular formula is C19H20FN3O5. The van der Waals surface area contributed by atoms with E-state index in [4.69, 9.17) is 5.11 Å². The molecule has 0 saturated heterocycles. The van der Waals surface area contributed by atoms with Crippen molar-refractivity contribution in [1.82, 2.24) is 10.3 Å². The molecule has 5 N–H and O–H groups in total. The van der Waals surface area contributed by atoms with Crippen molar-refractivity contribution < 1.29 is 29.0 Å². The van der Waals surface area contributed by atoms with E-state index in [0.29, 0.717) is 33.8 Å². The van der Waals surface area contributed by atoms with Gasteiger partial charge in [0.25, 0.3) is 5.91 Å². The van der Waals surface area contributed by atoms with Crippen LogP contribution in [0, 0.1) is 19.7 Å². The molecule has 0 aliphatic carbocycles. The number of H-pyrrole nitrogens is 1. The molecule has 148 valence electrons. The third-order valence-corrected chi connectivity index (χ3v) is 4.88. The highest BCUT2D eigenvalue weighted by molar-refractivity contribution is 6.03. The fraction of sp³-hybridized carbons (Fsp3) is 0.316. The van der Waals surface area contributed by atoms with Crippen LogP contribution in [0.4, 0.5) is 10.1 Å². The first kappa shape index (κ1) is 19.6. The van der Waals surface area contributed by atoms with Gasteiger partial charge in [0, 0.05) is 23.5 Å². The summed E-state index contributed by atoms with van der Waals surface area (Å²) in [4.78, 5) is 38.5. The summed E-state index contributed by atoms with van der Waals surface area (Å²) in [6.45, 7) is 2.97. The molecule has 0 bridgehead atoms. The predicted octanol–water partition coefficient (Wildman–Crippen LogP) is 1.22. The number of aliphatic carboxylic acids is 1. The van der Waals surface area contributed by atoms with Gasteiger partial charge < -0.3 is 25.8 Å². The summed E-state index contributed by atoms with van der Waals surface area (Å²) < 4.78 is 13.6. The summed E-state index contributed by atoms with van der Waals surface area (Å²) in [5, 5.41) is 23.1. The number of rotatable bonds is 6. The van der Waals surface area contributed by atoms with Crippen LogP contribution in [0.2, 0.25) is 0 Å². The van der Waals surface area contributed by atoms with E-state index < -0.39 is 36.3 Å². The number of carbonyl (C=O) groups is 3. The number of anilines is 1. The van der Waals surface area contributed by atoms with Crippen molar-refractivity contribution in [2.45, 2.75) is 32.3 Å². The number of aryl methyl sites for hydroxylation is 1. The standard InChI is InChI=1S/C19H20FN3O5/c1-8-14(6-12-11-5-10(20)3-4-13(11)23-17(12)25)22-9(2)16(8)18(26)21-7-15(24)19(27)28/h3-5,12,15,22,24H,6-7H2,1-2H3,(H,21,26)(H,23,25)(H,27,28). The van der Waals surface area contributed by atoms with Crippen LogP contribution in [0.15, 0.2) is 18.2 Å². The molecule has 0 radical (unpaired) electrons. The summed E-state index contributed by atoms with van der Waals surface area (Å²) >= 11 is 0. The number of hydrogen-bond donors (Lipinski definition) is 5. The maximum Gasteiger partial charge on any atom is 0.334 e. The third kappa shape index (κ3) is 3.61. The highest BCUT2D eigenvalue weighted by atomic mass is 19.1. The first-order valence-electron chi connectivity index (χ1n) is 8.66. The van der Waals surface area contributed by atoms with Gasteiger partial charge in [0.15, 0.2) is 6.10 Å². The van der Waals surface area contributed by atoms with Crippen LogP contribution in [0.5, 0.6) is 0 Å². The molecule has 0 fully saturated rings. The minimum Gasteiger partial charge on any atom is -0.479 e. The number of hydrogen-bond acceptors (Lipinski definition) is 4. The second-order valence-electron chi connectivity index (χ2n) is 6.77. The number of nitrogens with one attached hydrogen (secondary N) is 3. The zero-order chi connectivity index (χ0) is 20.6. The van der Waals surface area contributed by atoms with Gasteiger partial charge in [-0.25, -0.2) is 9.18 Å². The fourth-order valence-corrected chi connectivity index (χ4v) is 3.43. The van der Waals surface area contributed by atoms with Crippen molar-refractivity contribution in [3.05, 3.63) is 52.1 Å². The SMILES string of the molecule is Cc1[nH]c(CC2C(=O)Nc3ccc(F)cc32)c(C)c1C(=O)NCC(O)C(=O)O. The molecular weight excluding hydrogens is 369 g/mol. The number of aromatic nitrogens is 1. The van der Waals surface area contributed by atoms with Crippen LogP contribution in [0.1, 0.15) is 38.8 Å². The smallest absolute Gasteiger partial charge is 0.334 e. The summed E-state index contributed by atoms with van der Waals surface area (Å²) in [6, 6.07) is 4.12. The van der Waals surface area contributed by atoms with Gasteiger partial charge in [0.2, 0.25) is 5.91 Å². The number of carboxylic acids is 1. The monoisotopic (exact) mass is 389 g/mol. The lowest BCUT2D eigenvalue weighted by Gasteiger charge is -2.10. The molecule has 2 amide bonds. The molecule has 1 aromatic heterocycles. The Morgan fingerprint density at radius 3 is 2.71 bits per heavy atom. The molecule has 8 nitrogen and oxygen atoms in total. The third-order valence-electron chi connectivity index (χ3n) is 4.88. The van der Waals surface area contributed by atoms with Crippen molar-refractivity contribution in [2.75, 3.05) is 11.9 Å². The zero-order valence-electron chi connectivity index (χ0n) is 15.3. The Morgan fingerprint density at radius 2 is 2.04 bits per heavy atom. The van der Waals surface area contributed by atoms with Gasteiger partial charge in [-0.15, -0.1) is 0 Å². The highest BCUT2D eigenvalue weighted by Crippen LogP contribution is 2.36. The molecule has 0 spiro atoms. The predicted molar refractivity (Wildman–Crippen MR) is 97.7 cm³/mol. The molecule has 3 rings (SSSR count). The molecule has 2 aromatic rings. The van der Waals surface area contributed by atoms with E-state index in [9.17, 15) is 23.9 Å². The quantitative estimate of drug-likeness (QED) is 0.507. The van der Waals surface area contributed by atoms with Crippen molar-refractivity contribution in [2.24, 2.45) is 0 Å². The minimum atomic E-state index is -1.70. The molecule has 28 heavy (non-hydrogen) atoms. The van der Waals surface area contributed by atoms with Gasteiger partial charge in [-0.1, -0.05) is 0 Å². The molecule has 0 saturated carbocycles. The lowest BCUT2D eigenvalue weighted by molar-refractivity contribution is -0.146. The summed E-state index contributed by atoms with van der Waals surface area (Å²) in [5.41, 5.74) is 3.26. The van der Waals surface area contributed by atoms with Crippen molar-refractivity contribution in [3.63, 3.8) is 0 Å². The number of aliphatic hydroxyl groups excluding tert-OH is 1. The molecule has 9 heteroatoms. The molecule has 2 atom stereocenters. The van der Waals surface area contributed by atoms with E-state index in [1.54, 1.807) is 13.8 Å². The lowest BCUT2D eigenvalue weighted by atomic mass is 9.94. The Bertz CT molecular complexity index is 969. The number of carboxylic acid groups (broad SMARTS) is 1. The van der Waals surface area contributed by atoms with Crippen LogP contribution >= 0.6 is 0 Å². The first-order chi connectivity index (χ1) is 13.2. The van der Waals surface area contributed by atoms with Gasteiger partial charge in [0.1, 0.15) is 5.82 Å². The summed E-state index contributed by atoms with van der Waals surface area (Å²) in [6.07, 6.45) is -1.45. The molecule has 1 aliphatic rings. The second kappa shape index (κ2) is 7.43. The first-order valence-corrected chi connectivity index (χ1v) is 8.66. The van der Waals surface area contributed by atoms with Crippen molar-refractivity contribution in [3.8, 4) is 0 Å². The molecule has 2 unspecified atom stereocenters. The molecule has 2 heterocycles. The number of amides is 2. The van der Waals surface area contributed by atoms with Crippen LogP contribution in [-0.2, 0) is 16.0 Å². The van der Waals surface area contributed by atoms with E-state index in [2.05, 4.69) is 15.6 Å². The molecule has 1 aromatic carbocycles. The Kier molecular flexibility index (Phi) is 5.19. The number of carbonyl (C=O) groups excluding carboxylic acids is 2. The fourth-order valence-electron chi connectivity index (χ4n) is 3.43. The number of aromatic amines is 1. The lowest BCUT2D eigenvalue weighted by Crippen LogP contribution is -2.36. The Labute approximate surface area is 159 Å². The van der Waals surface area contributed by atoms with Gasteiger partial charge in [-0.2, -0.15) is 0 Å². The van der Waals surface area contributed by atoms with Crippen LogP contribution in [0.25, 0.3) is 0 Å².